The summed E-state index contributed by atoms with van der Waals surface area (Å²) in [5.74, 6) is -3.78. The third kappa shape index (κ3) is 5.40. The molecule has 0 bridgehead atoms. The second-order valence-corrected chi connectivity index (χ2v) is 9.65. The molecule has 0 saturated carbocycles. The van der Waals surface area contributed by atoms with Gasteiger partial charge in [0.25, 0.3) is 5.91 Å². The lowest BCUT2D eigenvalue weighted by atomic mass is 10.1. The number of carboxylic acid groups (broad SMARTS) is 2. The average Bonchev–Trinajstić information content (AvgIpc) is 3.42. The maximum atomic E-state index is 13.4. The number of likely N-dealkylation sites (tertiary alicyclic amines) is 1. The number of carbonyl (C=O) groups excluding carboxylic acids is 1. The fourth-order valence-corrected chi connectivity index (χ4v) is 4.83. The van der Waals surface area contributed by atoms with Crippen molar-refractivity contribution in [2.45, 2.75) is 18.6 Å². The summed E-state index contributed by atoms with van der Waals surface area (Å²) in [6.07, 6.45) is -4.74. The topological polar surface area (TPSA) is 124 Å². The van der Waals surface area contributed by atoms with Gasteiger partial charge in [-0.3, -0.25) is 9.59 Å². The summed E-state index contributed by atoms with van der Waals surface area (Å²) in [5, 5.41) is 18.8. The number of carboxylic acids is 2. The molecule has 1 saturated heterocycles. The van der Waals surface area contributed by atoms with E-state index >= 15 is 0 Å². The molecule has 210 valence electrons. The average molecular weight is 565 g/mol. The molecular weight excluding hydrogens is 541 g/mol. The van der Waals surface area contributed by atoms with Crippen molar-refractivity contribution in [2.24, 2.45) is 5.92 Å². The van der Waals surface area contributed by atoms with Gasteiger partial charge >= 0.3 is 18.1 Å². The Hall–Kier alpha value is -5.00. The molecule has 3 aromatic carbocycles. The number of carbonyl (C=O) groups is 3. The van der Waals surface area contributed by atoms with Crippen LogP contribution in [0, 0.1) is 5.92 Å². The SMILES string of the molecule is CN(c1ccc(C(=O)N2CC(C(=O)O)CC2C(=O)O)cc1)c1nc2cc(C(F)(F)F)ccc2nc1-c1ccccc1. The highest BCUT2D eigenvalue weighted by atomic mass is 19.4. The van der Waals surface area contributed by atoms with Crippen LogP contribution in [-0.2, 0) is 15.8 Å². The molecule has 0 spiro atoms. The van der Waals surface area contributed by atoms with Crippen molar-refractivity contribution < 1.29 is 37.8 Å². The quantitative estimate of drug-likeness (QED) is 0.332. The summed E-state index contributed by atoms with van der Waals surface area (Å²) in [6, 6.07) is 17.1. The van der Waals surface area contributed by atoms with Crippen LogP contribution in [0.2, 0.25) is 0 Å². The first kappa shape index (κ1) is 27.6. The van der Waals surface area contributed by atoms with Gasteiger partial charge in [0.2, 0.25) is 0 Å². The van der Waals surface area contributed by atoms with Crippen molar-refractivity contribution in [2.75, 3.05) is 18.5 Å². The van der Waals surface area contributed by atoms with Gasteiger partial charge in [-0.05, 0) is 48.9 Å². The lowest BCUT2D eigenvalue weighted by Gasteiger charge is -2.23. The highest BCUT2D eigenvalue weighted by Gasteiger charge is 2.42. The Morgan fingerprint density at radius 3 is 2.20 bits per heavy atom. The van der Waals surface area contributed by atoms with E-state index in [-0.39, 0.29) is 35.4 Å². The molecular formula is C29H23F3N4O5. The van der Waals surface area contributed by atoms with Gasteiger partial charge in [-0.2, -0.15) is 13.2 Å². The van der Waals surface area contributed by atoms with Gasteiger partial charge < -0.3 is 20.0 Å². The monoisotopic (exact) mass is 564 g/mol. The molecule has 4 aromatic rings. The molecule has 2 heterocycles. The Kier molecular flexibility index (Phi) is 7.08. The maximum absolute atomic E-state index is 13.4. The number of aliphatic carboxylic acids is 2. The Bertz CT molecular complexity index is 1640. The van der Waals surface area contributed by atoms with E-state index in [0.717, 1.165) is 17.0 Å². The number of benzene rings is 3. The van der Waals surface area contributed by atoms with Crippen LogP contribution in [0.15, 0.2) is 72.8 Å². The van der Waals surface area contributed by atoms with E-state index in [1.807, 2.05) is 6.07 Å². The van der Waals surface area contributed by atoms with E-state index in [1.165, 1.54) is 18.2 Å². The number of nitrogens with zero attached hydrogens (tertiary/aromatic N) is 4. The van der Waals surface area contributed by atoms with E-state index in [0.29, 0.717) is 16.9 Å². The van der Waals surface area contributed by atoms with Crippen molar-refractivity contribution in [1.82, 2.24) is 14.9 Å². The predicted octanol–water partition coefficient (Wildman–Crippen LogP) is 5.08. The highest BCUT2D eigenvalue weighted by molar-refractivity contribution is 5.98. The van der Waals surface area contributed by atoms with Crippen LogP contribution in [0.5, 0.6) is 0 Å². The van der Waals surface area contributed by atoms with Gasteiger partial charge in [0, 0.05) is 30.4 Å². The molecule has 1 aliphatic heterocycles. The number of anilines is 2. The minimum Gasteiger partial charge on any atom is -0.481 e. The number of halogens is 3. The molecule has 1 amide bonds. The van der Waals surface area contributed by atoms with Crippen molar-refractivity contribution in [3.63, 3.8) is 0 Å². The molecule has 1 fully saturated rings. The smallest absolute Gasteiger partial charge is 0.416 e. The van der Waals surface area contributed by atoms with E-state index in [4.69, 9.17) is 0 Å². The van der Waals surface area contributed by atoms with Gasteiger partial charge in [0.05, 0.1) is 22.5 Å². The van der Waals surface area contributed by atoms with Crippen LogP contribution in [0.1, 0.15) is 22.3 Å². The van der Waals surface area contributed by atoms with Crippen molar-refractivity contribution >= 4 is 40.4 Å². The number of alkyl halides is 3. The van der Waals surface area contributed by atoms with Crippen LogP contribution in [0.25, 0.3) is 22.3 Å². The number of fused-ring (bicyclic) bond motifs is 1. The Balaban J connectivity index is 1.51. The molecule has 2 N–H and O–H groups in total. The third-order valence-electron chi connectivity index (χ3n) is 7.04. The molecule has 0 radical (unpaired) electrons. The summed E-state index contributed by atoms with van der Waals surface area (Å²) in [4.78, 5) is 48.0. The van der Waals surface area contributed by atoms with Crippen LogP contribution in [0.3, 0.4) is 0 Å². The largest absolute Gasteiger partial charge is 0.481 e. The second kappa shape index (κ2) is 10.5. The van der Waals surface area contributed by atoms with Gasteiger partial charge in [0.15, 0.2) is 5.82 Å². The van der Waals surface area contributed by atoms with E-state index in [1.54, 1.807) is 48.3 Å². The standard InChI is InChI=1S/C29H23F3N4O5/c1-35(20-10-7-17(8-11-20)26(37)36-15-18(27(38)39)13-23(36)28(40)41)25-24(16-5-3-2-4-6-16)33-21-12-9-19(29(30,31)32)14-22(21)34-25/h2-12,14,18,23H,13,15H2,1H3,(H,38,39)(H,40,41). The minimum absolute atomic E-state index is 0.0508. The van der Waals surface area contributed by atoms with Crippen LogP contribution in [0.4, 0.5) is 24.7 Å². The van der Waals surface area contributed by atoms with Crippen LogP contribution < -0.4 is 4.90 Å². The lowest BCUT2D eigenvalue weighted by molar-refractivity contribution is -0.142. The summed E-state index contributed by atoms with van der Waals surface area (Å²) < 4.78 is 40.1. The molecule has 0 aliphatic carbocycles. The molecule has 1 aromatic heterocycles. The molecule has 9 nitrogen and oxygen atoms in total. The third-order valence-corrected chi connectivity index (χ3v) is 7.04. The Morgan fingerprint density at radius 2 is 1.59 bits per heavy atom. The number of aromatic nitrogens is 2. The van der Waals surface area contributed by atoms with Crippen molar-refractivity contribution in [3.05, 3.63) is 83.9 Å². The van der Waals surface area contributed by atoms with Gasteiger partial charge in [-0.1, -0.05) is 30.3 Å². The van der Waals surface area contributed by atoms with Gasteiger partial charge in [0.1, 0.15) is 11.7 Å². The predicted molar refractivity (Wildman–Crippen MR) is 143 cm³/mol. The summed E-state index contributed by atoms with van der Waals surface area (Å²) in [6.45, 7) is -0.222. The summed E-state index contributed by atoms with van der Waals surface area (Å²) >= 11 is 0. The minimum atomic E-state index is -4.55. The number of hydrogen-bond donors (Lipinski definition) is 2. The normalized spacial score (nSPS) is 17.0. The fourth-order valence-electron chi connectivity index (χ4n) is 4.83. The first-order valence-corrected chi connectivity index (χ1v) is 12.5. The maximum Gasteiger partial charge on any atom is 0.416 e. The Labute approximate surface area is 231 Å². The van der Waals surface area contributed by atoms with E-state index in [2.05, 4.69) is 9.97 Å². The molecule has 12 heteroatoms. The lowest BCUT2D eigenvalue weighted by Crippen LogP contribution is -2.40. The highest BCUT2D eigenvalue weighted by Crippen LogP contribution is 2.36. The number of hydrogen-bond acceptors (Lipinski definition) is 6. The molecule has 2 unspecified atom stereocenters. The van der Waals surface area contributed by atoms with E-state index < -0.39 is 41.5 Å². The second-order valence-electron chi connectivity index (χ2n) is 9.65. The zero-order valence-electron chi connectivity index (χ0n) is 21.5. The zero-order valence-corrected chi connectivity index (χ0v) is 21.5. The van der Waals surface area contributed by atoms with Crippen molar-refractivity contribution in [1.29, 1.82) is 0 Å². The fraction of sp³-hybridized carbons (Fsp3) is 0.207. The van der Waals surface area contributed by atoms with Crippen LogP contribution >= 0.6 is 0 Å². The first-order chi connectivity index (χ1) is 19.4. The van der Waals surface area contributed by atoms with Crippen molar-refractivity contribution in [3.8, 4) is 11.3 Å². The summed E-state index contributed by atoms with van der Waals surface area (Å²) in [5.41, 5.74) is 1.29. The number of amides is 1. The molecule has 2 atom stereocenters. The molecule has 1 aliphatic rings. The molecule has 41 heavy (non-hydrogen) atoms. The number of rotatable bonds is 6. The summed E-state index contributed by atoms with van der Waals surface area (Å²) in [7, 11) is 1.66. The Morgan fingerprint density at radius 1 is 0.902 bits per heavy atom. The van der Waals surface area contributed by atoms with E-state index in [9.17, 15) is 37.8 Å². The zero-order chi connectivity index (χ0) is 29.5. The molecule has 5 rings (SSSR count). The van der Waals surface area contributed by atoms with Crippen LogP contribution in [-0.4, -0.2) is 62.6 Å². The van der Waals surface area contributed by atoms with Gasteiger partial charge in [-0.25, -0.2) is 14.8 Å². The first-order valence-electron chi connectivity index (χ1n) is 12.5. The van der Waals surface area contributed by atoms with Gasteiger partial charge in [-0.15, -0.1) is 0 Å².